The van der Waals surface area contributed by atoms with Gasteiger partial charge in [-0.05, 0) is 19.9 Å². The minimum absolute atomic E-state index is 0.243. The van der Waals surface area contributed by atoms with E-state index in [1.165, 1.54) is 18.0 Å². The quantitative estimate of drug-likeness (QED) is 0.450. The Morgan fingerprint density at radius 3 is 2.77 bits per heavy atom. The molecule has 0 aliphatic heterocycles. The van der Waals surface area contributed by atoms with Gasteiger partial charge in [0.25, 0.3) is 5.03 Å². The summed E-state index contributed by atoms with van der Waals surface area (Å²) in [7, 11) is 0. The number of hydrogen-bond donors (Lipinski definition) is 1. The van der Waals surface area contributed by atoms with Crippen molar-refractivity contribution in [3.05, 3.63) is 29.6 Å². The number of hydrogen-bond acceptors (Lipinski definition) is 3. The summed E-state index contributed by atoms with van der Waals surface area (Å²) in [6.45, 7) is 3.89. The zero-order chi connectivity index (χ0) is 9.90. The number of nitrogens with zero attached hydrogens (tertiary/aromatic N) is 1. The smallest absolute Gasteiger partial charge is 0.251 e. The second kappa shape index (κ2) is 3.98. The van der Waals surface area contributed by atoms with Crippen molar-refractivity contribution in [2.24, 2.45) is 5.73 Å². The first-order valence-corrected chi connectivity index (χ1v) is 5.07. The fourth-order valence-corrected chi connectivity index (χ4v) is 1.67. The van der Waals surface area contributed by atoms with E-state index in [9.17, 15) is 5.21 Å². The summed E-state index contributed by atoms with van der Waals surface area (Å²) < 4.78 is 0.858. The van der Waals surface area contributed by atoms with Crippen molar-refractivity contribution in [3.63, 3.8) is 0 Å². The highest BCUT2D eigenvalue weighted by Crippen LogP contribution is 2.17. The lowest BCUT2D eigenvalue weighted by atomic mass is 10.1. The van der Waals surface area contributed by atoms with Crippen LogP contribution in [0.5, 0.6) is 0 Å². The predicted molar refractivity (Wildman–Crippen MR) is 54.4 cm³/mol. The van der Waals surface area contributed by atoms with Gasteiger partial charge in [-0.15, -0.1) is 0 Å². The van der Waals surface area contributed by atoms with Crippen molar-refractivity contribution in [3.8, 4) is 0 Å². The van der Waals surface area contributed by atoms with Gasteiger partial charge in [0.15, 0.2) is 6.20 Å². The summed E-state index contributed by atoms with van der Waals surface area (Å²) in [6.07, 6.45) is 1.49. The molecule has 0 spiro atoms. The molecule has 1 aromatic rings. The van der Waals surface area contributed by atoms with E-state index in [1.54, 1.807) is 12.1 Å². The van der Waals surface area contributed by atoms with Gasteiger partial charge < -0.3 is 10.9 Å². The minimum Gasteiger partial charge on any atom is -0.618 e. The molecule has 2 N–H and O–H groups in total. The van der Waals surface area contributed by atoms with Crippen LogP contribution in [-0.2, 0) is 0 Å². The molecule has 0 saturated heterocycles. The van der Waals surface area contributed by atoms with Gasteiger partial charge >= 0.3 is 0 Å². The predicted octanol–water partition coefficient (Wildman–Crippen LogP) is 1.15. The van der Waals surface area contributed by atoms with Gasteiger partial charge in [-0.1, -0.05) is 11.8 Å². The van der Waals surface area contributed by atoms with E-state index < -0.39 is 0 Å². The molecular formula is C9H14N2OS. The van der Waals surface area contributed by atoms with Gasteiger partial charge in [0.05, 0.1) is 0 Å². The molecule has 1 heterocycles. The van der Waals surface area contributed by atoms with Gasteiger partial charge in [-0.2, -0.15) is 4.73 Å². The summed E-state index contributed by atoms with van der Waals surface area (Å²) in [4.78, 5) is 0. The molecule has 0 unspecified atom stereocenters. The summed E-state index contributed by atoms with van der Waals surface area (Å²) >= 11 is 1.48. The first-order chi connectivity index (χ1) is 5.99. The van der Waals surface area contributed by atoms with E-state index in [2.05, 4.69) is 0 Å². The molecule has 0 atom stereocenters. The molecule has 72 valence electrons. The third-order valence-corrected chi connectivity index (χ3v) is 2.88. The standard InChI is InChI=1S/C9H14N2OS/c1-9(2,10)7-13-8-5-3-4-6-11(8)12/h3-6H,7,10H2,1-2H3. The fraction of sp³-hybridized carbons (Fsp3) is 0.444. The molecule has 0 fully saturated rings. The Balaban J connectivity index is 2.60. The lowest BCUT2D eigenvalue weighted by Gasteiger charge is -2.16. The van der Waals surface area contributed by atoms with Crippen LogP contribution in [0.15, 0.2) is 29.4 Å². The molecule has 3 nitrogen and oxygen atoms in total. The second-order valence-electron chi connectivity index (χ2n) is 3.64. The van der Waals surface area contributed by atoms with E-state index in [4.69, 9.17) is 5.73 Å². The highest BCUT2D eigenvalue weighted by atomic mass is 32.2. The zero-order valence-electron chi connectivity index (χ0n) is 7.86. The molecule has 0 amide bonds. The molecule has 0 radical (unpaired) electrons. The molecular weight excluding hydrogens is 184 g/mol. The average molecular weight is 198 g/mol. The Bertz CT molecular complexity index is 283. The van der Waals surface area contributed by atoms with Crippen LogP contribution < -0.4 is 10.5 Å². The van der Waals surface area contributed by atoms with E-state index in [-0.39, 0.29) is 5.54 Å². The number of pyridine rings is 1. The Morgan fingerprint density at radius 2 is 2.23 bits per heavy atom. The Morgan fingerprint density at radius 1 is 1.54 bits per heavy atom. The summed E-state index contributed by atoms with van der Waals surface area (Å²) in [5.74, 6) is 0.735. The Hall–Kier alpha value is -0.740. The van der Waals surface area contributed by atoms with Crippen LogP contribution in [0.3, 0.4) is 0 Å². The summed E-state index contributed by atoms with van der Waals surface area (Å²) in [5, 5.41) is 11.9. The van der Waals surface area contributed by atoms with Gasteiger partial charge in [0.1, 0.15) is 0 Å². The molecule has 1 rings (SSSR count). The normalized spacial score (nSPS) is 11.6. The largest absolute Gasteiger partial charge is 0.618 e. The van der Waals surface area contributed by atoms with Crippen LogP contribution in [0.25, 0.3) is 0 Å². The van der Waals surface area contributed by atoms with Crippen LogP contribution in [-0.4, -0.2) is 11.3 Å². The molecule has 4 heteroatoms. The molecule has 0 aliphatic rings. The van der Waals surface area contributed by atoms with Gasteiger partial charge in [-0.3, -0.25) is 0 Å². The second-order valence-corrected chi connectivity index (χ2v) is 4.64. The Kier molecular flexibility index (Phi) is 3.17. The molecule has 0 bridgehead atoms. The van der Waals surface area contributed by atoms with E-state index in [0.29, 0.717) is 5.03 Å². The fourth-order valence-electron chi connectivity index (χ4n) is 0.784. The highest BCUT2D eigenvalue weighted by Gasteiger charge is 2.14. The van der Waals surface area contributed by atoms with Crippen molar-refractivity contribution in [2.45, 2.75) is 24.4 Å². The molecule has 0 aliphatic carbocycles. The van der Waals surface area contributed by atoms with Crippen molar-refractivity contribution in [1.29, 1.82) is 0 Å². The highest BCUT2D eigenvalue weighted by molar-refractivity contribution is 7.99. The van der Waals surface area contributed by atoms with E-state index >= 15 is 0 Å². The van der Waals surface area contributed by atoms with Gasteiger partial charge in [-0.25, -0.2) is 0 Å². The first-order valence-electron chi connectivity index (χ1n) is 4.09. The number of thioether (sulfide) groups is 1. The maximum atomic E-state index is 11.2. The number of nitrogens with two attached hydrogens (primary N) is 1. The first kappa shape index (κ1) is 10.3. The van der Waals surface area contributed by atoms with Crippen LogP contribution in [0, 0.1) is 5.21 Å². The third kappa shape index (κ3) is 3.65. The van der Waals surface area contributed by atoms with Crippen molar-refractivity contribution >= 4 is 11.8 Å². The van der Waals surface area contributed by atoms with E-state index in [1.807, 2.05) is 19.9 Å². The van der Waals surface area contributed by atoms with Crippen LogP contribution in [0.4, 0.5) is 0 Å². The summed E-state index contributed by atoms with van der Waals surface area (Å²) in [6, 6.07) is 5.36. The monoisotopic (exact) mass is 198 g/mol. The van der Waals surface area contributed by atoms with Crippen molar-refractivity contribution in [1.82, 2.24) is 0 Å². The number of aromatic nitrogens is 1. The number of rotatable bonds is 3. The maximum absolute atomic E-state index is 11.2. The molecule has 1 aromatic heterocycles. The third-order valence-electron chi connectivity index (χ3n) is 1.38. The van der Waals surface area contributed by atoms with Crippen LogP contribution >= 0.6 is 11.8 Å². The molecule has 13 heavy (non-hydrogen) atoms. The zero-order valence-corrected chi connectivity index (χ0v) is 8.67. The topological polar surface area (TPSA) is 53.0 Å². The average Bonchev–Trinajstić information content (AvgIpc) is 2.01. The van der Waals surface area contributed by atoms with Crippen LogP contribution in [0.2, 0.25) is 0 Å². The summed E-state index contributed by atoms with van der Waals surface area (Å²) in [5.41, 5.74) is 5.56. The molecule has 0 aromatic carbocycles. The van der Waals surface area contributed by atoms with Gasteiger partial charge in [0, 0.05) is 23.4 Å². The maximum Gasteiger partial charge on any atom is 0.251 e. The lowest BCUT2D eigenvalue weighted by Crippen LogP contribution is -2.36. The molecule has 0 saturated carbocycles. The lowest BCUT2D eigenvalue weighted by molar-refractivity contribution is -0.645. The van der Waals surface area contributed by atoms with Crippen molar-refractivity contribution < 1.29 is 4.73 Å². The SMILES string of the molecule is CC(C)(N)CSc1cccc[n+]1[O-]. The van der Waals surface area contributed by atoms with E-state index in [0.717, 1.165) is 10.5 Å². The minimum atomic E-state index is -0.243. The van der Waals surface area contributed by atoms with Crippen molar-refractivity contribution in [2.75, 3.05) is 5.75 Å². The Labute approximate surface area is 82.5 Å². The van der Waals surface area contributed by atoms with Gasteiger partial charge in [0.2, 0.25) is 0 Å². The van der Waals surface area contributed by atoms with Crippen LogP contribution in [0.1, 0.15) is 13.8 Å².